The van der Waals surface area contributed by atoms with Crippen molar-refractivity contribution in [1.82, 2.24) is 10.3 Å². The van der Waals surface area contributed by atoms with E-state index in [0.717, 1.165) is 42.3 Å². The summed E-state index contributed by atoms with van der Waals surface area (Å²) in [6.07, 6.45) is 2.03. The van der Waals surface area contributed by atoms with E-state index in [9.17, 15) is 4.79 Å². The largest absolute Gasteiger partial charge is 0.375 e. The summed E-state index contributed by atoms with van der Waals surface area (Å²) in [6, 6.07) is 9.64. The Morgan fingerprint density at radius 1 is 1.27 bits per heavy atom. The van der Waals surface area contributed by atoms with Gasteiger partial charge in [-0.2, -0.15) is 0 Å². The zero-order valence-electron chi connectivity index (χ0n) is 15.6. The summed E-state index contributed by atoms with van der Waals surface area (Å²) in [5, 5.41) is 5.72. The summed E-state index contributed by atoms with van der Waals surface area (Å²) in [5.74, 6) is 0.948. The van der Waals surface area contributed by atoms with Crippen LogP contribution in [0.2, 0.25) is 0 Å². The molecule has 1 fully saturated rings. The van der Waals surface area contributed by atoms with Gasteiger partial charge in [-0.1, -0.05) is 12.1 Å². The Labute approximate surface area is 154 Å². The average Bonchev–Trinajstić information content (AvgIpc) is 2.63. The fourth-order valence-corrected chi connectivity index (χ4v) is 2.91. The molecule has 0 spiro atoms. The van der Waals surface area contributed by atoms with Crippen molar-refractivity contribution in [2.24, 2.45) is 0 Å². The van der Waals surface area contributed by atoms with Crippen molar-refractivity contribution < 1.29 is 9.53 Å². The number of carbonyl (C=O) groups excluding carboxylic acids is 1. The van der Waals surface area contributed by atoms with Crippen LogP contribution in [0.15, 0.2) is 36.5 Å². The maximum atomic E-state index is 12.1. The molecule has 2 N–H and O–H groups in total. The zero-order chi connectivity index (χ0) is 18.5. The normalized spacial score (nSPS) is 17.0. The minimum absolute atomic E-state index is 0.223. The predicted molar refractivity (Wildman–Crippen MR) is 104 cm³/mol. The highest BCUT2D eigenvalue weighted by Crippen LogP contribution is 2.16. The first-order valence-corrected chi connectivity index (χ1v) is 8.95. The lowest BCUT2D eigenvalue weighted by atomic mass is 10.1. The Balaban J connectivity index is 1.51. The zero-order valence-corrected chi connectivity index (χ0v) is 15.6. The molecule has 6 nitrogen and oxygen atoms in total. The molecule has 0 radical (unpaired) electrons. The molecule has 6 heteroatoms. The molecule has 3 rings (SSSR count). The van der Waals surface area contributed by atoms with Gasteiger partial charge < -0.3 is 20.3 Å². The van der Waals surface area contributed by atoms with E-state index in [1.165, 1.54) is 5.56 Å². The van der Waals surface area contributed by atoms with Crippen LogP contribution in [-0.4, -0.2) is 36.8 Å². The maximum absolute atomic E-state index is 12.1. The quantitative estimate of drug-likeness (QED) is 0.884. The number of anilines is 2. The highest BCUT2D eigenvalue weighted by Gasteiger charge is 2.17. The summed E-state index contributed by atoms with van der Waals surface area (Å²) in [5.41, 5.74) is 4.11. The summed E-state index contributed by atoms with van der Waals surface area (Å²) < 4.78 is 5.56. The first-order valence-electron chi connectivity index (χ1n) is 8.95. The van der Waals surface area contributed by atoms with Crippen LogP contribution in [0.25, 0.3) is 0 Å². The van der Waals surface area contributed by atoms with Crippen molar-refractivity contribution in [3.63, 3.8) is 0 Å². The smallest absolute Gasteiger partial charge is 0.319 e. The number of ether oxygens (including phenoxy) is 1. The van der Waals surface area contributed by atoms with Crippen LogP contribution in [0, 0.1) is 13.8 Å². The second-order valence-corrected chi connectivity index (χ2v) is 6.76. The fraction of sp³-hybridized carbons (Fsp3) is 0.400. The Morgan fingerprint density at radius 2 is 2.12 bits per heavy atom. The second-order valence-electron chi connectivity index (χ2n) is 6.76. The van der Waals surface area contributed by atoms with Crippen molar-refractivity contribution in [3.05, 3.63) is 53.2 Å². The highest BCUT2D eigenvalue weighted by molar-refractivity contribution is 5.89. The predicted octanol–water partition coefficient (Wildman–Crippen LogP) is 3.25. The van der Waals surface area contributed by atoms with E-state index in [1.807, 2.05) is 50.4 Å². The van der Waals surface area contributed by atoms with Crippen LogP contribution in [0.3, 0.4) is 0 Å². The molecule has 1 aliphatic rings. The van der Waals surface area contributed by atoms with Crippen molar-refractivity contribution in [2.45, 2.75) is 33.4 Å². The van der Waals surface area contributed by atoms with Gasteiger partial charge in [-0.05, 0) is 55.7 Å². The van der Waals surface area contributed by atoms with E-state index in [-0.39, 0.29) is 12.1 Å². The van der Waals surface area contributed by atoms with Crippen LogP contribution >= 0.6 is 0 Å². The van der Waals surface area contributed by atoms with Crippen molar-refractivity contribution in [2.75, 3.05) is 29.9 Å². The van der Waals surface area contributed by atoms with E-state index in [4.69, 9.17) is 4.74 Å². The monoisotopic (exact) mass is 354 g/mol. The number of aryl methyl sites for hydroxylation is 2. The van der Waals surface area contributed by atoms with Gasteiger partial charge in [0.1, 0.15) is 5.82 Å². The maximum Gasteiger partial charge on any atom is 0.319 e. The van der Waals surface area contributed by atoms with Gasteiger partial charge in [-0.25, -0.2) is 9.78 Å². The minimum atomic E-state index is -0.223. The van der Waals surface area contributed by atoms with Crippen LogP contribution < -0.4 is 15.5 Å². The summed E-state index contributed by atoms with van der Waals surface area (Å²) in [7, 11) is 0. The molecule has 0 saturated carbocycles. The first kappa shape index (κ1) is 18.2. The third-order valence-corrected chi connectivity index (χ3v) is 4.59. The standard InChI is InChI=1S/C20H26N4O2/c1-14-4-6-18(10-15(14)2)23-20(25)22-12-17-5-7-19(21-11-17)24-8-9-26-16(3)13-24/h4-7,10-11,16H,8-9,12-13H2,1-3H3,(H2,22,23,25). The number of rotatable bonds is 4. The van der Waals surface area contributed by atoms with Gasteiger partial charge in [-0.15, -0.1) is 0 Å². The van der Waals surface area contributed by atoms with Crippen LogP contribution in [-0.2, 0) is 11.3 Å². The number of morpholine rings is 1. The summed E-state index contributed by atoms with van der Waals surface area (Å²) in [6.45, 7) is 9.01. The molecular weight excluding hydrogens is 328 g/mol. The molecule has 2 aromatic rings. The molecule has 1 aliphatic heterocycles. The number of hydrogen-bond acceptors (Lipinski definition) is 4. The van der Waals surface area contributed by atoms with Gasteiger partial charge in [0, 0.05) is 31.5 Å². The molecule has 1 unspecified atom stereocenters. The van der Waals surface area contributed by atoms with E-state index in [2.05, 4.69) is 27.4 Å². The SMILES string of the molecule is Cc1ccc(NC(=O)NCc2ccc(N3CCOC(C)C3)nc2)cc1C. The number of nitrogens with zero attached hydrogens (tertiary/aromatic N) is 2. The Morgan fingerprint density at radius 3 is 2.81 bits per heavy atom. The molecule has 2 heterocycles. The first-order chi connectivity index (χ1) is 12.5. The number of pyridine rings is 1. The molecule has 0 aliphatic carbocycles. The van der Waals surface area contributed by atoms with Crippen molar-refractivity contribution >= 4 is 17.5 Å². The second kappa shape index (κ2) is 8.19. The highest BCUT2D eigenvalue weighted by atomic mass is 16.5. The van der Waals surface area contributed by atoms with Gasteiger partial charge in [0.05, 0.1) is 12.7 Å². The number of nitrogens with one attached hydrogen (secondary N) is 2. The van der Waals surface area contributed by atoms with E-state index >= 15 is 0 Å². The number of urea groups is 1. The van der Waals surface area contributed by atoms with Gasteiger partial charge in [0.25, 0.3) is 0 Å². The van der Waals surface area contributed by atoms with Gasteiger partial charge in [0.2, 0.25) is 0 Å². The van der Waals surface area contributed by atoms with Crippen molar-refractivity contribution in [3.8, 4) is 0 Å². The van der Waals surface area contributed by atoms with E-state index < -0.39 is 0 Å². The number of hydrogen-bond donors (Lipinski definition) is 2. The van der Waals surface area contributed by atoms with Gasteiger partial charge >= 0.3 is 6.03 Å². The third kappa shape index (κ3) is 4.73. The summed E-state index contributed by atoms with van der Waals surface area (Å²) in [4.78, 5) is 18.8. The number of benzene rings is 1. The molecule has 1 aromatic carbocycles. The number of amides is 2. The average molecular weight is 354 g/mol. The molecule has 138 valence electrons. The molecule has 2 amide bonds. The van der Waals surface area contributed by atoms with Crippen LogP contribution in [0.5, 0.6) is 0 Å². The number of carbonyl (C=O) groups is 1. The lowest BCUT2D eigenvalue weighted by molar-refractivity contribution is 0.0529. The van der Waals surface area contributed by atoms with Crippen molar-refractivity contribution in [1.29, 1.82) is 0 Å². The van der Waals surface area contributed by atoms with Crippen LogP contribution in [0.1, 0.15) is 23.6 Å². The third-order valence-electron chi connectivity index (χ3n) is 4.59. The molecule has 1 atom stereocenters. The van der Waals surface area contributed by atoms with Gasteiger partial charge in [0.15, 0.2) is 0 Å². The Bertz CT molecular complexity index is 761. The fourth-order valence-electron chi connectivity index (χ4n) is 2.91. The Hall–Kier alpha value is -2.60. The molecule has 1 aromatic heterocycles. The molecule has 1 saturated heterocycles. The molecule has 26 heavy (non-hydrogen) atoms. The molecular formula is C20H26N4O2. The van der Waals surface area contributed by atoms with E-state index in [0.29, 0.717) is 6.54 Å². The van der Waals surface area contributed by atoms with E-state index in [1.54, 1.807) is 0 Å². The van der Waals surface area contributed by atoms with Crippen LogP contribution in [0.4, 0.5) is 16.3 Å². The number of aromatic nitrogens is 1. The Kier molecular flexibility index (Phi) is 5.73. The van der Waals surface area contributed by atoms with Gasteiger partial charge in [-0.3, -0.25) is 0 Å². The lowest BCUT2D eigenvalue weighted by Crippen LogP contribution is -2.41. The summed E-state index contributed by atoms with van der Waals surface area (Å²) >= 11 is 0. The topological polar surface area (TPSA) is 66.5 Å². The molecule has 0 bridgehead atoms. The lowest BCUT2D eigenvalue weighted by Gasteiger charge is -2.32. The minimum Gasteiger partial charge on any atom is -0.375 e.